The van der Waals surface area contributed by atoms with E-state index in [1.165, 1.54) is 21.6 Å². The zero-order valence-corrected chi connectivity index (χ0v) is 12.6. The first-order chi connectivity index (χ1) is 8.21. The number of benzene rings is 1. The van der Waals surface area contributed by atoms with Gasteiger partial charge in [-0.15, -0.1) is 0 Å². The molecule has 0 aromatic heterocycles. The van der Waals surface area contributed by atoms with Crippen molar-refractivity contribution < 1.29 is 4.79 Å². The van der Waals surface area contributed by atoms with E-state index in [1.54, 1.807) is 7.05 Å². The molecule has 100 valence electrons. The first-order valence-corrected chi connectivity index (χ1v) is 6.60. The average molecular weight is 268 g/mol. The zero-order chi connectivity index (χ0) is 13.9. The number of carbonyl (C=O) groups excluding carboxylic acids is 1. The van der Waals surface area contributed by atoms with E-state index in [0.717, 1.165) is 6.42 Å². The third-order valence-corrected chi connectivity index (χ3v) is 3.51. The van der Waals surface area contributed by atoms with Crippen molar-refractivity contribution in [3.63, 3.8) is 0 Å². The summed E-state index contributed by atoms with van der Waals surface area (Å²) in [5.41, 5.74) is 4.06. The summed E-state index contributed by atoms with van der Waals surface area (Å²) in [6.45, 7) is 9.40. The number of carbonyl (C=O) groups is 1. The number of hydrogen-bond acceptors (Lipinski definition) is 1. The van der Waals surface area contributed by atoms with Gasteiger partial charge in [0.25, 0.3) is 0 Å². The monoisotopic (exact) mass is 267 g/mol. The third kappa shape index (κ3) is 4.02. The smallest absolute Gasteiger partial charge is 0.316 e. The molecule has 0 spiro atoms. The summed E-state index contributed by atoms with van der Waals surface area (Å²) in [7, 11) is 1.72. The predicted molar refractivity (Wildman–Crippen MR) is 77.5 cm³/mol. The maximum atomic E-state index is 10.9. The molecule has 18 heavy (non-hydrogen) atoms. The van der Waals surface area contributed by atoms with Crippen LogP contribution in [0.25, 0.3) is 0 Å². The highest BCUT2D eigenvalue weighted by atomic mass is 35.5. The van der Waals surface area contributed by atoms with Crippen molar-refractivity contribution in [2.45, 2.75) is 39.5 Å². The van der Waals surface area contributed by atoms with Gasteiger partial charge in [0.1, 0.15) is 0 Å². The fraction of sp³-hybridized carbons (Fsp3) is 0.533. The van der Waals surface area contributed by atoms with Gasteiger partial charge in [0.2, 0.25) is 0 Å². The molecule has 1 aromatic carbocycles. The number of likely N-dealkylation sites (N-methyl/N-ethyl adjacent to an activating group) is 1. The molecule has 1 aromatic rings. The Hall–Kier alpha value is -1.02. The molecule has 0 aliphatic heterocycles. The Balaban J connectivity index is 2.78. The van der Waals surface area contributed by atoms with Gasteiger partial charge in [-0.05, 0) is 47.1 Å². The Morgan fingerprint density at radius 3 is 2.39 bits per heavy atom. The van der Waals surface area contributed by atoms with Gasteiger partial charge in [-0.25, -0.2) is 0 Å². The second-order valence-corrected chi connectivity index (χ2v) is 6.14. The van der Waals surface area contributed by atoms with Crippen LogP contribution in [0.1, 0.15) is 37.5 Å². The number of halogens is 1. The highest BCUT2D eigenvalue weighted by molar-refractivity contribution is 6.62. The molecule has 0 saturated heterocycles. The van der Waals surface area contributed by atoms with E-state index in [9.17, 15) is 4.79 Å². The molecule has 0 radical (unpaired) electrons. The maximum Gasteiger partial charge on any atom is 0.316 e. The van der Waals surface area contributed by atoms with Crippen molar-refractivity contribution in [1.29, 1.82) is 0 Å². The number of amides is 1. The number of aryl methyl sites for hydroxylation is 1. The van der Waals surface area contributed by atoms with Gasteiger partial charge < -0.3 is 4.90 Å². The van der Waals surface area contributed by atoms with Crippen molar-refractivity contribution in [2.75, 3.05) is 13.6 Å². The molecule has 0 aliphatic rings. The Morgan fingerprint density at radius 1 is 1.33 bits per heavy atom. The van der Waals surface area contributed by atoms with Crippen LogP contribution < -0.4 is 0 Å². The van der Waals surface area contributed by atoms with Gasteiger partial charge in [0.05, 0.1) is 0 Å². The fourth-order valence-electron chi connectivity index (χ4n) is 1.82. The Bertz CT molecular complexity index is 435. The van der Waals surface area contributed by atoms with Crippen LogP contribution in [0.3, 0.4) is 0 Å². The normalized spacial score (nSPS) is 11.4. The number of nitrogens with zero attached hydrogens (tertiary/aromatic N) is 1. The quantitative estimate of drug-likeness (QED) is 0.596. The van der Waals surface area contributed by atoms with E-state index in [2.05, 4.69) is 45.9 Å². The second-order valence-electron chi connectivity index (χ2n) is 5.82. The predicted octanol–water partition coefficient (Wildman–Crippen LogP) is 4.13. The largest absolute Gasteiger partial charge is 0.332 e. The van der Waals surface area contributed by atoms with E-state index in [4.69, 9.17) is 11.6 Å². The first kappa shape index (κ1) is 15.0. The molecule has 0 unspecified atom stereocenters. The van der Waals surface area contributed by atoms with Gasteiger partial charge in [-0.2, -0.15) is 0 Å². The van der Waals surface area contributed by atoms with E-state index < -0.39 is 5.37 Å². The molecule has 0 saturated carbocycles. The molecule has 1 rings (SSSR count). The van der Waals surface area contributed by atoms with E-state index in [0.29, 0.717) is 6.54 Å². The van der Waals surface area contributed by atoms with Crippen molar-refractivity contribution in [3.8, 4) is 0 Å². The van der Waals surface area contributed by atoms with Crippen LogP contribution in [0, 0.1) is 6.92 Å². The van der Waals surface area contributed by atoms with Crippen molar-refractivity contribution in [3.05, 3.63) is 34.9 Å². The summed E-state index contributed by atoms with van der Waals surface area (Å²) in [6, 6.07) is 6.56. The maximum absolute atomic E-state index is 10.9. The molecular formula is C15H22ClNO. The molecule has 0 aliphatic carbocycles. The van der Waals surface area contributed by atoms with Gasteiger partial charge in [-0.1, -0.05) is 39.0 Å². The van der Waals surface area contributed by atoms with E-state index in [-0.39, 0.29) is 5.41 Å². The molecule has 0 fully saturated rings. The topological polar surface area (TPSA) is 20.3 Å². The van der Waals surface area contributed by atoms with Gasteiger partial charge in [0.15, 0.2) is 0 Å². The minimum absolute atomic E-state index is 0.173. The van der Waals surface area contributed by atoms with Crippen molar-refractivity contribution >= 4 is 17.0 Å². The Morgan fingerprint density at radius 2 is 1.94 bits per heavy atom. The van der Waals surface area contributed by atoms with Crippen LogP contribution in [0.5, 0.6) is 0 Å². The van der Waals surface area contributed by atoms with Gasteiger partial charge in [0, 0.05) is 13.6 Å². The minimum atomic E-state index is -0.404. The molecular weight excluding hydrogens is 246 g/mol. The summed E-state index contributed by atoms with van der Waals surface area (Å²) in [4.78, 5) is 12.5. The van der Waals surface area contributed by atoms with Crippen molar-refractivity contribution in [1.82, 2.24) is 4.90 Å². The molecule has 0 N–H and O–H groups in total. The Kier molecular flexibility index (Phi) is 4.80. The summed E-state index contributed by atoms with van der Waals surface area (Å²) < 4.78 is 0. The molecule has 2 nitrogen and oxygen atoms in total. The average Bonchev–Trinajstić information content (AvgIpc) is 2.25. The minimum Gasteiger partial charge on any atom is -0.332 e. The zero-order valence-electron chi connectivity index (χ0n) is 11.9. The van der Waals surface area contributed by atoms with E-state index in [1.807, 2.05) is 0 Å². The highest BCUT2D eigenvalue weighted by Crippen LogP contribution is 2.24. The van der Waals surface area contributed by atoms with Crippen LogP contribution in [-0.4, -0.2) is 23.9 Å². The first-order valence-electron chi connectivity index (χ1n) is 6.22. The van der Waals surface area contributed by atoms with Crippen molar-refractivity contribution in [2.24, 2.45) is 0 Å². The lowest BCUT2D eigenvalue weighted by Gasteiger charge is -2.21. The van der Waals surface area contributed by atoms with Crippen LogP contribution in [0.4, 0.5) is 4.79 Å². The summed E-state index contributed by atoms with van der Waals surface area (Å²) >= 11 is 5.41. The molecule has 0 atom stereocenters. The van der Waals surface area contributed by atoms with Crippen LogP contribution >= 0.6 is 11.6 Å². The lowest BCUT2D eigenvalue weighted by atomic mass is 9.85. The SMILES string of the molecule is Cc1cc(C(C)(C)C)ccc1CCN(C)C(=O)Cl. The second kappa shape index (κ2) is 5.75. The standard InChI is InChI=1S/C15H22ClNO/c1-11-10-13(15(2,3)4)7-6-12(11)8-9-17(5)14(16)18/h6-7,10H,8-9H2,1-5H3. The Labute approximate surface area is 115 Å². The highest BCUT2D eigenvalue weighted by Gasteiger charge is 2.14. The number of rotatable bonds is 3. The molecule has 3 heteroatoms. The van der Waals surface area contributed by atoms with Crippen LogP contribution in [-0.2, 0) is 11.8 Å². The molecule has 1 amide bonds. The lowest BCUT2D eigenvalue weighted by Crippen LogP contribution is -2.23. The fourth-order valence-corrected chi connectivity index (χ4v) is 1.90. The molecule has 0 bridgehead atoms. The summed E-state index contributed by atoms with van der Waals surface area (Å²) in [5.74, 6) is 0. The summed E-state index contributed by atoms with van der Waals surface area (Å²) in [6.07, 6.45) is 0.839. The van der Waals surface area contributed by atoms with Crippen LogP contribution in [0.2, 0.25) is 0 Å². The third-order valence-electron chi connectivity index (χ3n) is 3.23. The molecule has 0 heterocycles. The van der Waals surface area contributed by atoms with E-state index >= 15 is 0 Å². The number of hydrogen-bond donors (Lipinski definition) is 0. The van der Waals surface area contributed by atoms with Gasteiger partial charge >= 0.3 is 5.37 Å². The lowest BCUT2D eigenvalue weighted by molar-refractivity contribution is 0.232. The summed E-state index contributed by atoms with van der Waals surface area (Å²) in [5, 5.41) is -0.404. The van der Waals surface area contributed by atoms with Crippen LogP contribution in [0.15, 0.2) is 18.2 Å². The van der Waals surface area contributed by atoms with Gasteiger partial charge in [-0.3, -0.25) is 4.79 Å².